The third-order valence-corrected chi connectivity index (χ3v) is 3.93. The number of carbonyl (C=O) groups excluding carboxylic acids is 1. The smallest absolute Gasteiger partial charge is 0.262 e. The fourth-order valence-electron chi connectivity index (χ4n) is 1.84. The summed E-state index contributed by atoms with van der Waals surface area (Å²) in [5.74, 6) is -0.116. The topological polar surface area (TPSA) is 72.7 Å². The van der Waals surface area contributed by atoms with Gasteiger partial charge in [0, 0.05) is 7.05 Å². The van der Waals surface area contributed by atoms with Gasteiger partial charge in [-0.2, -0.15) is 5.10 Å². The van der Waals surface area contributed by atoms with Crippen molar-refractivity contribution in [2.75, 3.05) is 7.05 Å². The highest BCUT2D eigenvalue weighted by molar-refractivity contribution is 7.14. The first-order chi connectivity index (χ1) is 10.8. The van der Waals surface area contributed by atoms with Crippen LogP contribution in [0, 0.1) is 0 Å². The van der Waals surface area contributed by atoms with Crippen molar-refractivity contribution in [2.45, 2.75) is 0 Å². The maximum absolute atomic E-state index is 11.5. The minimum absolute atomic E-state index is 0.116. The van der Waals surface area contributed by atoms with Gasteiger partial charge in [-0.1, -0.05) is 18.2 Å². The molecule has 0 saturated carbocycles. The van der Waals surface area contributed by atoms with Crippen LogP contribution in [0.25, 0.3) is 17.8 Å². The lowest BCUT2D eigenvalue weighted by Gasteiger charge is -2.00. The third-order valence-electron chi connectivity index (χ3n) is 2.97. The number of aromatic nitrogens is 4. The van der Waals surface area contributed by atoms with Crippen molar-refractivity contribution in [3.8, 4) is 5.69 Å². The zero-order valence-electron chi connectivity index (χ0n) is 11.8. The Labute approximate surface area is 131 Å². The van der Waals surface area contributed by atoms with E-state index in [2.05, 4.69) is 20.4 Å². The van der Waals surface area contributed by atoms with Gasteiger partial charge in [0.25, 0.3) is 5.91 Å². The van der Waals surface area contributed by atoms with Gasteiger partial charge in [0.1, 0.15) is 22.5 Å². The summed E-state index contributed by atoms with van der Waals surface area (Å²) in [5.41, 5.74) is 1.99. The Morgan fingerprint density at radius 3 is 2.77 bits per heavy atom. The molecule has 3 rings (SSSR count). The van der Waals surface area contributed by atoms with Crippen LogP contribution in [-0.4, -0.2) is 32.7 Å². The van der Waals surface area contributed by atoms with Crippen LogP contribution in [-0.2, 0) is 0 Å². The first kappa shape index (κ1) is 14.2. The normalized spacial score (nSPS) is 11.0. The largest absolute Gasteiger partial charge is 0.354 e. The molecule has 0 aliphatic carbocycles. The summed E-state index contributed by atoms with van der Waals surface area (Å²) >= 11 is 1.35. The van der Waals surface area contributed by atoms with Gasteiger partial charge in [0.15, 0.2) is 0 Å². The first-order valence-corrected chi connectivity index (χ1v) is 7.39. The summed E-state index contributed by atoms with van der Waals surface area (Å²) in [4.78, 5) is 20.2. The molecule has 7 heteroatoms. The van der Waals surface area contributed by atoms with E-state index in [4.69, 9.17) is 0 Å². The highest BCUT2D eigenvalue weighted by Crippen LogP contribution is 2.16. The van der Waals surface area contributed by atoms with Gasteiger partial charge in [-0.3, -0.25) is 4.79 Å². The van der Waals surface area contributed by atoms with E-state index in [-0.39, 0.29) is 5.91 Å². The van der Waals surface area contributed by atoms with Gasteiger partial charge >= 0.3 is 0 Å². The van der Waals surface area contributed by atoms with Crippen molar-refractivity contribution in [1.29, 1.82) is 0 Å². The van der Waals surface area contributed by atoms with E-state index in [0.717, 1.165) is 16.3 Å². The summed E-state index contributed by atoms with van der Waals surface area (Å²) in [7, 11) is 1.61. The number of amides is 1. The molecule has 0 spiro atoms. The molecule has 0 fully saturated rings. The van der Waals surface area contributed by atoms with Gasteiger partial charge in [0.05, 0.1) is 11.9 Å². The molecule has 0 unspecified atom stereocenters. The fraction of sp³-hybridized carbons (Fsp3) is 0.0667. The quantitative estimate of drug-likeness (QED) is 0.802. The van der Waals surface area contributed by atoms with Gasteiger partial charge in [-0.15, -0.1) is 11.3 Å². The van der Waals surface area contributed by atoms with Gasteiger partial charge < -0.3 is 5.32 Å². The van der Waals surface area contributed by atoms with Crippen molar-refractivity contribution >= 4 is 29.4 Å². The number of rotatable bonds is 4. The van der Waals surface area contributed by atoms with E-state index >= 15 is 0 Å². The van der Waals surface area contributed by atoms with E-state index in [1.165, 1.54) is 17.7 Å². The molecule has 0 radical (unpaired) electrons. The first-order valence-electron chi connectivity index (χ1n) is 6.57. The maximum atomic E-state index is 11.5. The number of nitrogens with zero attached hydrogens (tertiary/aromatic N) is 4. The van der Waals surface area contributed by atoms with Gasteiger partial charge in [-0.05, 0) is 23.8 Å². The molecule has 0 bridgehead atoms. The molecule has 0 aliphatic rings. The highest BCUT2D eigenvalue weighted by Gasteiger charge is 2.06. The predicted molar refractivity (Wildman–Crippen MR) is 85.8 cm³/mol. The van der Waals surface area contributed by atoms with E-state index in [9.17, 15) is 4.79 Å². The van der Waals surface area contributed by atoms with Crippen LogP contribution < -0.4 is 5.32 Å². The molecular weight excluding hydrogens is 298 g/mol. The lowest BCUT2D eigenvalue weighted by atomic mass is 10.2. The van der Waals surface area contributed by atoms with Crippen LogP contribution in [0.3, 0.4) is 0 Å². The average Bonchev–Trinajstić information content (AvgIpc) is 3.24. The van der Waals surface area contributed by atoms with Crippen molar-refractivity contribution in [1.82, 2.24) is 25.1 Å². The van der Waals surface area contributed by atoms with Crippen molar-refractivity contribution < 1.29 is 4.79 Å². The standard InChI is InChI=1S/C15H13N5OS/c1-16-15(21)13-8-18-14(22-13)7-4-11-2-5-12(6-3-11)20-10-17-9-19-20/h2-10H,1H3,(H,16,21)/b7-4+. The minimum atomic E-state index is -0.116. The van der Waals surface area contributed by atoms with Crippen molar-refractivity contribution in [3.63, 3.8) is 0 Å². The van der Waals surface area contributed by atoms with E-state index in [1.54, 1.807) is 24.3 Å². The van der Waals surface area contributed by atoms with Crippen LogP contribution in [0.1, 0.15) is 20.2 Å². The average molecular weight is 311 g/mol. The van der Waals surface area contributed by atoms with Gasteiger partial charge in [-0.25, -0.2) is 14.6 Å². The number of hydrogen-bond acceptors (Lipinski definition) is 5. The highest BCUT2D eigenvalue weighted by atomic mass is 32.1. The van der Waals surface area contributed by atoms with Gasteiger partial charge in [0.2, 0.25) is 0 Å². The molecule has 2 aromatic heterocycles. The van der Waals surface area contributed by atoms with Crippen molar-refractivity contribution in [2.24, 2.45) is 0 Å². The van der Waals surface area contributed by atoms with E-state index < -0.39 is 0 Å². The Hall–Kier alpha value is -2.80. The summed E-state index contributed by atoms with van der Waals surface area (Å²) in [5, 5.41) is 7.45. The SMILES string of the molecule is CNC(=O)c1cnc(/C=C/c2ccc(-n3cncn3)cc2)s1. The molecule has 2 heterocycles. The Bertz CT molecular complexity index is 790. The molecular formula is C15H13N5OS. The maximum Gasteiger partial charge on any atom is 0.262 e. The molecule has 1 N–H and O–H groups in total. The molecule has 1 aromatic carbocycles. The number of carbonyl (C=O) groups is 1. The second-order valence-electron chi connectivity index (χ2n) is 4.41. The van der Waals surface area contributed by atoms with Crippen LogP contribution >= 0.6 is 11.3 Å². The molecule has 22 heavy (non-hydrogen) atoms. The second-order valence-corrected chi connectivity index (χ2v) is 5.47. The number of hydrogen-bond donors (Lipinski definition) is 1. The molecule has 1 amide bonds. The Morgan fingerprint density at radius 1 is 1.27 bits per heavy atom. The predicted octanol–water partition coefficient (Wildman–Crippen LogP) is 2.25. The minimum Gasteiger partial charge on any atom is -0.354 e. The molecule has 0 saturated heterocycles. The zero-order chi connectivity index (χ0) is 15.4. The summed E-state index contributed by atoms with van der Waals surface area (Å²) in [6, 6.07) is 7.90. The summed E-state index contributed by atoms with van der Waals surface area (Å²) in [6.45, 7) is 0. The third kappa shape index (κ3) is 3.09. The number of nitrogens with one attached hydrogen (secondary N) is 1. The molecule has 3 aromatic rings. The Kier molecular flexibility index (Phi) is 4.06. The molecule has 0 aliphatic heterocycles. The molecule has 0 atom stereocenters. The van der Waals surface area contributed by atoms with Crippen LogP contribution in [0.15, 0.2) is 43.1 Å². The summed E-state index contributed by atoms with van der Waals surface area (Å²) < 4.78 is 1.70. The lowest BCUT2D eigenvalue weighted by Crippen LogP contribution is -2.16. The van der Waals surface area contributed by atoms with E-state index in [0.29, 0.717) is 4.88 Å². The van der Waals surface area contributed by atoms with Crippen LogP contribution in [0.2, 0.25) is 0 Å². The van der Waals surface area contributed by atoms with E-state index in [1.807, 2.05) is 36.4 Å². The monoisotopic (exact) mass is 311 g/mol. The zero-order valence-corrected chi connectivity index (χ0v) is 12.6. The Morgan fingerprint density at radius 2 is 2.09 bits per heavy atom. The Balaban J connectivity index is 1.72. The fourth-order valence-corrected chi connectivity index (χ4v) is 2.61. The van der Waals surface area contributed by atoms with Crippen molar-refractivity contribution in [3.05, 3.63) is 58.6 Å². The molecule has 6 nitrogen and oxygen atoms in total. The number of benzene rings is 1. The van der Waals surface area contributed by atoms with Crippen LogP contribution in [0.5, 0.6) is 0 Å². The van der Waals surface area contributed by atoms with Crippen LogP contribution in [0.4, 0.5) is 0 Å². The molecule has 110 valence electrons. The second kappa shape index (κ2) is 6.31. The number of thiazole rings is 1. The lowest BCUT2D eigenvalue weighted by molar-refractivity contribution is 0.0967. The summed E-state index contributed by atoms with van der Waals surface area (Å²) in [6.07, 6.45) is 8.58.